The molecule has 8 nitrogen and oxygen atoms in total. The Morgan fingerprint density at radius 3 is 2.59 bits per heavy atom. The van der Waals surface area contributed by atoms with Gasteiger partial charge in [-0.25, -0.2) is 14.6 Å². The zero-order chi connectivity index (χ0) is 20.7. The van der Waals surface area contributed by atoms with Crippen LogP contribution in [0.5, 0.6) is 0 Å². The van der Waals surface area contributed by atoms with E-state index < -0.39 is 18.0 Å². The molecule has 0 unspecified atom stereocenters. The first kappa shape index (κ1) is 19.6. The van der Waals surface area contributed by atoms with E-state index in [0.29, 0.717) is 42.8 Å². The maximum absolute atomic E-state index is 12.9. The number of anilines is 1. The van der Waals surface area contributed by atoms with E-state index in [-0.39, 0.29) is 12.1 Å². The third-order valence-electron chi connectivity index (χ3n) is 5.14. The van der Waals surface area contributed by atoms with Crippen molar-refractivity contribution in [3.05, 3.63) is 32.7 Å². The number of nitrogens with zero attached hydrogens (tertiary/aromatic N) is 2. The molecule has 29 heavy (non-hydrogen) atoms. The van der Waals surface area contributed by atoms with Crippen LogP contribution in [0.15, 0.2) is 16.5 Å². The molecule has 0 saturated heterocycles. The zero-order valence-electron chi connectivity index (χ0n) is 15.7. The Bertz CT molecular complexity index is 1050. The number of thiazole rings is 1. The third-order valence-corrected chi connectivity index (χ3v) is 7.25. The summed E-state index contributed by atoms with van der Waals surface area (Å²) in [5.41, 5.74) is 3.20. The number of rotatable bonds is 4. The average molecular weight is 434 g/mol. The predicted molar refractivity (Wildman–Crippen MR) is 109 cm³/mol. The summed E-state index contributed by atoms with van der Waals surface area (Å²) in [4.78, 5) is 42.4. The summed E-state index contributed by atoms with van der Waals surface area (Å²) < 4.78 is 0. The summed E-state index contributed by atoms with van der Waals surface area (Å²) in [7, 11) is 0. The number of carbonyl (C=O) groups is 3. The fourth-order valence-corrected chi connectivity index (χ4v) is 5.96. The van der Waals surface area contributed by atoms with Gasteiger partial charge in [0.15, 0.2) is 0 Å². The number of carboxylic acids is 1. The lowest BCUT2D eigenvalue weighted by molar-refractivity contribution is -0.133. The minimum Gasteiger partial charge on any atom is -0.478 e. The van der Waals surface area contributed by atoms with Gasteiger partial charge in [-0.15, -0.1) is 22.7 Å². The molecule has 3 heterocycles. The Balaban J connectivity index is 1.73. The highest BCUT2D eigenvalue weighted by atomic mass is 32.1. The largest absolute Gasteiger partial charge is 0.478 e. The molecule has 4 rings (SSSR count). The van der Waals surface area contributed by atoms with Gasteiger partial charge in [-0.05, 0) is 38.2 Å². The van der Waals surface area contributed by atoms with Crippen LogP contribution in [0.1, 0.15) is 35.4 Å². The molecular weight excluding hydrogens is 414 g/mol. The van der Waals surface area contributed by atoms with Gasteiger partial charge in [0.2, 0.25) is 0 Å². The number of hydrogen-bond donors (Lipinski definition) is 3. The van der Waals surface area contributed by atoms with Gasteiger partial charge in [0.05, 0.1) is 6.54 Å². The average Bonchev–Trinajstić information content (AvgIpc) is 3.38. The smallest absolute Gasteiger partial charge is 0.407 e. The second-order valence-corrected chi connectivity index (χ2v) is 8.99. The number of aryl methyl sites for hydroxylation is 1. The molecule has 2 aromatic heterocycles. The van der Waals surface area contributed by atoms with Gasteiger partial charge < -0.3 is 20.4 Å². The number of aliphatic carboxylic acids is 1. The molecule has 0 spiro atoms. The highest BCUT2D eigenvalue weighted by molar-refractivity contribution is 7.18. The molecule has 0 bridgehead atoms. The molecular formula is C19H19N3O5S2. The molecule has 152 valence electrons. The van der Waals surface area contributed by atoms with E-state index in [1.807, 2.05) is 12.3 Å². The van der Waals surface area contributed by atoms with Crippen molar-refractivity contribution in [1.29, 1.82) is 0 Å². The van der Waals surface area contributed by atoms with Crippen LogP contribution in [0.25, 0.3) is 10.6 Å². The lowest BCUT2D eigenvalue weighted by Gasteiger charge is -2.24. The maximum atomic E-state index is 12.9. The highest BCUT2D eigenvalue weighted by Gasteiger charge is 2.31. The molecule has 0 fully saturated rings. The van der Waals surface area contributed by atoms with Gasteiger partial charge >= 0.3 is 12.1 Å². The van der Waals surface area contributed by atoms with Crippen LogP contribution in [0.3, 0.4) is 0 Å². The van der Waals surface area contributed by atoms with Crippen molar-refractivity contribution in [3.8, 4) is 10.6 Å². The molecule has 0 radical (unpaired) electrons. The Hall–Kier alpha value is -2.72. The molecule has 3 N–H and O–H groups in total. The Labute approximate surface area is 174 Å². The van der Waals surface area contributed by atoms with Crippen LogP contribution in [-0.2, 0) is 22.6 Å². The summed E-state index contributed by atoms with van der Waals surface area (Å²) in [5, 5.41) is 24.9. The van der Waals surface area contributed by atoms with E-state index in [2.05, 4.69) is 10.3 Å². The van der Waals surface area contributed by atoms with Crippen LogP contribution in [-0.4, -0.2) is 44.6 Å². The number of amides is 2. The van der Waals surface area contributed by atoms with Crippen LogP contribution in [0, 0.1) is 6.92 Å². The lowest BCUT2D eigenvalue weighted by atomic mass is 10.0. The minimum atomic E-state index is -1.05. The second kappa shape index (κ2) is 7.60. The first-order valence-corrected chi connectivity index (χ1v) is 10.9. The van der Waals surface area contributed by atoms with Crippen LogP contribution in [0.4, 0.5) is 9.80 Å². The van der Waals surface area contributed by atoms with Crippen molar-refractivity contribution in [2.75, 3.05) is 11.9 Å². The summed E-state index contributed by atoms with van der Waals surface area (Å²) in [5.74, 6) is -1.45. The zero-order valence-corrected chi connectivity index (χ0v) is 17.3. The molecule has 2 aliphatic rings. The van der Waals surface area contributed by atoms with E-state index in [0.717, 1.165) is 26.7 Å². The number of thiophene rings is 1. The quantitative estimate of drug-likeness (QED) is 0.676. The van der Waals surface area contributed by atoms with E-state index in [9.17, 15) is 24.6 Å². The summed E-state index contributed by atoms with van der Waals surface area (Å²) in [6, 6.07) is 0. The van der Waals surface area contributed by atoms with Crippen molar-refractivity contribution in [2.24, 2.45) is 0 Å². The van der Waals surface area contributed by atoms with Crippen LogP contribution in [0.2, 0.25) is 0 Å². The van der Waals surface area contributed by atoms with E-state index >= 15 is 0 Å². The molecule has 0 atom stereocenters. The fraction of sp³-hybridized carbons (Fsp3) is 0.368. The normalized spacial score (nSPS) is 16.1. The third kappa shape index (κ3) is 3.65. The first-order chi connectivity index (χ1) is 13.8. The van der Waals surface area contributed by atoms with Gasteiger partial charge in [-0.2, -0.15) is 0 Å². The standard InChI is InChI=1S/C19H19N3O5S2/c1-9-8-28-16(20-9)14-12-5-6-22(19(26)27)7-13(12)29-17(14)21-15(23)10-3-2-4-11(10)18(24)25/h8H,2-7H2,1H3,(H,21,23)(H,24,25)(H,26,27). The van der Waals surface area contributed by atoms with Gasteiger partial charge in [-0.3, -0.25) is 4.79 Å². The van der Waals surface area contributed by atoms with E-state index in [1.54, 1.807) is 0 Å². The molecule has 2 aromatic rings. The van der Waals surface area contributed by atoms with Crippen LogP contribution < -0.4 is 5.32 Å². The SMILES string of the molecule is Cc1csc(-c2c(NC(=O)C3=C(C(=O)O)CCC3)sc3c2CCN(C(=O)O)C3)n1. The minimum absolute atomic E-state index is 0.174. The van der Waals surface area contributed by atoms with E-state index in [4.69, 9.17) is 0 Å². The van der Waals surface area contributed by atoms with Crippen molar-refractivity contribution >= 4 is 45.6 Å². The molecule has 1 aliphatic carbocycles. The number of carboxylic acid groups (broad SMARTS) is 2. The Morgan fingerprint density at radius 2 is 1.93 bits per heavy atom. The monoisotopic (exact) mass is 433 g/mol. The molecule has 0 aromatic carbocycles. The van der Waals surface area contributed by atoms with E-state index in [1.165, 1.54) is 27.6 Å². The molecule has 1 aliphatic heterocycles. The lowest BCUT2D eigenvalue weighted by Crippen LogP contribution is -2.34. The summed E-state index contributed by atoms with van der Waals surface area (Å²) >= 11 is 2.82. The van der Waals surface area contributed by atoms with Gasteiger partial charge in [0.25, 0.3) is 5.91 Å². The van der Waals surface area contributed by atoms with Gasteiger partial charge in [0, 0.05) is 39.2 Å². The topological polar surface area (TPSA) is 120 Å². The number of hydrogen-bond acceptors (Lipinski definition) is 6. The van der Waals surface area contributed by atoms with Crippen molar-refractivity contribution in [1.82, 2.24) is 9.88 Å². The number of carbonyl (C=O) groups excluding carboxylic acids is 1. The second-order valence-electron chi connectivity index (χ2n) is 7.03. The summed E-state index contributed by atoms with van der Waals surface area (Å²) in [6.07, 6.45) is 1.06. The highest BCUT2D eigenvalue weighted by Crippen LogP contribution is 2.45. The first-order valence-electron chi connectivity index (χ1n) is 9.16. The Kier molecular flexibility index (Phi) is 5.13. The van der Waals surface area contributed by atoms with Gasteiger partial charge in [-0.1, -0.05) is 0 Å². The maximum Gasteiger partial charge on any atom is 0.407 e. The van der Waals surface area contributed by atoms with Crippen molar-refractivity contribution in [2.45, 2.75) is 39.2 Å². The fourth-order valence-electron chi connectivity index (χ4n) is 3.76. The number of fused-ring (bicyclic) bond motifs is 1. The number of aromatic nitrogens is 1. The summed E-state index contributed by atoms with van der Waals surface area (Å²) in [6.45, 7) is 2.55. The molecule has 2 amide bonds. The Morgan fingerprint density at radius 1 is 1.17 bits per heavy atom. The van der Waals surface area contributed by atoms with Crippen molar-refractivity contribution < 1.29 is 24.6 Å². The van der Waals surface area contributed by atoms with Crippen molar-refractivity contribution in [3.63, 3.8) is 0 Å². The molecule has 10 heteroatoms. The van der Waals surface area contributed by atoms with Crippen LogP contribution >= 0.6 is 22.7 Å². The predicted octanol–water partition coefficient (Wildman–Crippen LogP) is 3.72. The molecule has 0 saturated carbocycles. The van der Waals surface area contributed by atoms with Gasteiger partial charge in [0.1, 0.15) is 10.0 Å². The number of nitrogens with one attached hydrogen (secondary N) is 1.